The van der Waals surface area contributed by atoms with Crippen LogP contribution in [0.1, 0.15) is 38.3 Å². The van der Waals surface area contributed by atoms with Gasteiger partial charge in [0.2, 0.25) is 0 Å². The van der Waals surface area contributed by atoms with Gasteiger partial charge >= 0.3 is 5.97 Å². The summed E-state index contributed by atoms with van der Waals surface area (Å²) in [5.74, 6) is -0.404. The van der Waals surface area contributed by atoms with Crippen LogP contribution in [0, 0.1) is 0 Å². The predicted molar refractivity (Wildman–Crippen MR) is 131 cm³/mol. The number of nitrogens with zero attached hydrogens (tertiary/aromatic N) is 1. The summed E-state index contributed by atoms with van der Waals surface area (Å²) in [6.07, 6.45) is 3.37. The molecular weight excluding hydrogens is 498 g/mol. The molecule has 0 radical (unpaired) electrons. The van der Waals surface area contributed by atoms with Gasteiger partial charge in [-0.25, -0.2) is 4.79 Å². The van der Waals surface area contributed by atoms with Crippen LogP contribution in [-0.4, -0.2) is 35.8 Å². The quantitative estimate of drug-likeness (QED) is 0.166. The highest BCUT2D eigenvalue weighted by molar-refractivity contribution is 9.10. The van der Waals surface area contributed by atoms with E-state index in [9.17, 15) is 14.4 Å². The molecule has 0 N–H and O–H groups in total. The first-order valence-electron chi connectivity index (χ1n) is 10.8. The fourth-order valence-electron chi connectivity index (χ4n) is 3.49. The molecule has 1 aliphatic rings. The van der Waals surface area contributed by atoms with Gasteiger partial charge in [0, 0.05) is 17.1 Å². The fourth-order valence-corrected chi connectivity index (χ4v) is 3.85. The first kappa shape index (κ1) is 23.4. The van der Waals surface area contributed by atoms with Gasteiger partial charge in [-0.3, -0.25) is 14.5 Å². The predicted octanol–water partition coefficient (Wildman–Crippen LogP) is 5.27. The van der Waals surface area contributed by atoms with Crippen LogP contribution < -0.4 is 4.74 Å². The van der Waals surface area contributed by atoms with Gasteiger partial charge in [-0.05, 0) is 54.0 Å². The second-order valence-electron chi connectivity index (χ2n) is 7.65. The lowest BCUT2D eigenvalue weighted by Crippen LogP contribution is -2.31. The molecule has 172 valence electrons. The molecule has 0 fully saturated rings. The largest absolute Gasteiger partial charge is 0.489 e. The van der Waals surface area contributed by atoms with E-state index in [1.807, 2.05) is 54.6 Å². The smallest absolute Gasteiger partial charge is 0.330 e. The molecule has 1 heterocycles. The average Bonchev–Trinajstić information content (AvgIpc) is 3.09. The number of imide groups is 1. The van der Waals surface area contributed by atoms with Gasteiger partial charge in [-0.15, -0.1) is 0 Å². The Hall–Kier alpha value is -3.71. The zero-order valence-corrected chi connectivity index (χ0v) is 19.9. The lowest BCUT2D eigenvalue weighted by molar-refractivity contribution is -0.137. The Morgan fingerprint density at radius 1 is 0.912 bits per heavy atom. The van der Waals surface area contributed by atoms with Gasteiger partial charge in [-0.2, -0.15) is 0 Å². The maximum atomic E-state index is 12.4. The summed E-state index contributed by atoms with van der Waals surface area (Å²) in [5, 5.41) is 0. The topological polar surface area (TPSA) is 72.9 Å². The van der Waals surface area contributed by atoms with Crippen LogP contribution in [0.4, 0.5) is 0 Å². The zero-order chi connectivity index (χ0) is 23.9. The maximum Gasteiger partial charge on any atom is 0.330 e. The Morgan fingerprint density at radius 3 is 2.41 bits per heavy atom. The van der Waals surface area contributed by atoms with Crippen LogP contribution in [-0.2, 0) is 16.1 Å². The Kier molecular flexibility index (Phi) is 7.54. The van der Waals surface area contributed by atoms with Crippen LogP contribution in [0.3, 0.4) is 0 Å². The van der Waals surface area contributed by atoms with Gasteiger partial charge in [0.25, 0.3) is 11.8 Å². The highest BCUT2D eigenvalue weighted by atomic mass is 79.9. The van der Waals surface area contributed by atoms with E-state index in [0.717, 1.165) is 21.3 Å². The first-order valence-corrected chi connectivity index (χ1v) is 11.6. The maximum absolute atomic E-state index is 12.4. The van der Waals surface area contributed by atoms with E-state index in [1.54, 1.807) is 24.3 Å². The SMILES string of the molecule is O=C(/C=C/c1ccc(OCc2ccccc2)cc1)OCCCN1C(=O)c2ccc(Br)cc2C1=O. The number of ether oxygens (including phenoxy) is 2. The van der Waals surface area contributed by atoms with Crippen molar-refractivity contribution in [2.75, 3.05) is 13.2 Å². The van der Waals surface area contributed by atoms with Gasteiger partial charge < -0.3 is 9.47 Å². The number of fused-ring (bicyclic) bond motifs is 1. The van der Waals surface area contributed by atoms with Gasteiger partial charge in [-0.1, -0.05) is 58.4 Å². The van der Waals surface area contributed by atoms with Gasteiger partial charge in [0.15, 0.2) is 0 Å². The Morgan fingerprint density at radius 2 is 1.65 bits per heavy atom. The number of benzene rings is 3. The second kappa shape index (κ2) is 10.9. The minimum atomic E-state index is -0.490. The lowest BCUT2D eigenvalue weighted by atomic mass is 10.1. The Balaban J connectivity index is 1.19. The summed E-state index contributed by atoms with van der Waals surface area (Å²) in [4.78, 5) is 38.0. The third kappa shape index (κ3) is 5.80. The number of carbonyl (C=O) groups is 3. The minimum absolute atomic E-state index is 0.104. The van der Waals surface area contributed by atoms with Crippen molar-refractivity contribution in [2.45, 2.75) is 13.0 Å². The lowest BCUT2D eigenvalue weighted by Gasteiger charge is -2.13. The highest BCUT2D eigenvalue weighted by Crippen LogP contribution is 2.26. The molecule has 0 atom stereocenters. The van der Waals surface area contributed by atoms with E-state index < -0.39 is 5.97 Å². The number of hydrogen-bond acceptors (Lipinski definition) is 5. The molecule has 0 aliphatic carbocycles. The first-order chi connectivity index (χ1) is 16.5. The summed E-state index contributed by atoms with van der Waals surface area (Å²) in [6.45, 7) is 0.776. The fraction of sp³-hybridized carbons (Fsp3) is 0.148. The van der Waals surface area contributed by atoms with E-state index >= 15 is 0 Å². The molecule has 0 aromatic heterocycles. The number of esters is 1. The molecule has 3 aromatic carbocycles. The van der Waals surface area contributed by atoms with E-state index in [-0.39, 0.29) is 25.0 Å². The molecule has 7 heteroatoms. The molecule has 0 saturated carbocycles. The molecule has 2 amide bonds. The van der Waals surface area contributed by atoms with Crippen molar-refractivity contribution < 1.29 is 23.9 Å². The normalized spacial score (nSPS) is 12.8. The monoisotopic (exact) mass is 519 g/mol. The van der Waals surface area contributed by atoms with Gasteiger partial charge in [0.1, 0.15) is 12.4 Å². The molecule has 0 spiro atoms. The van der Waals surface area contributed by atoms with Crippen LogP contribution in [0.2, 0.25) is 0 Å². The van der Waals surface area contributed by atoms with Crippen LogP contribution in [0.5, 0.6) is 5.75 Å². The van der Waals surface area contributed by atoms with Crippen molar-refractivity contribution >= 4 is 39.8 Å². The number of rotatable bonds is 9. The number of halogens is 1. The summed E-state index contributed by atoms with van der Waals surface area (Å²) in [7, 11) is 0. The third-order valence-corrected chi connectivity index (χ3v) is 5.74. The van der Waals surface area contributed by atoms with E-state index in [1.165, 1.54) is 11.0 Å². The summed E-state index contributed by atoms with van der Waals surface area (Å²) in [5.41, 5.74) is 2.70. The summed E-state index contributed by atoms with van der Waals surface area (Å²) in [6, 6.07) is 22.3. The van der Waals surface area contributed by atoms with Crippen molar-refractivity contribution in [1.82, 2.24) is 4.90 Å². The van der Waals surface area contributed by atoms with E-state index in [4.69, 9.17) is 9.47 Å². The number of carbonyl (C=O) groups excluding carboxylic acids is 3. The molecule has 0 unspecified atom stereocenters. The van der Waals surface area contributed by atoms with Crippen LogP contribution in [0.25, 0.3) is 6.08 Å². The van der Waals surface area contributed by atoms with Crippen molar-refractivity contribution in [2.24, 2.45) is 0 Å². The minimum Gasteiger partial charge on any atom is -0.489 e. The number of amides is 2. The van der Waals surface area contributed by atoms with Crippen LogP contribution >= 0.6 is 15.9 Å². The molecule has 34 heavy (non-hydrogen) atoms. The standard InChI is InChI=1S/C27H22BrNO5/c28-21-10-13-23-24(17-21)27(32)29(26(23)31)15-4-16-33-25(30)14-9-19-7-11-22(12-8-19)34-18-20-5-2-1-3-6-20/h1-3,5-14,17H,4,15-16,18H2/b14-9+. The average molecular weight is 520 g/mol. The third-order valence-electron chi connectivity index (χ3n) is 5.24. The molecule has 6 nitrogen and oxygen atoms in total. The molecule has 0 bridgehead atoms. The van der Waals surface area contributed by atoms with Gasteiger partial charge in [0.05, 0.1) is 17.7 Å². The van der Waals surface area contributed by atoms with Crippen molar-refractivity contribution in [3.63, 3.8) is 0 Å². The Bertz CT molecular complexity index is 1220. The molecule has 1 aliphatic heterocycles. The number of hydrogen-bond donors (Lipinski definition) is 0. The highest BCUT2D eigenvalue weighted by Gasteiger charge is 2.35. The summed E-state index contributed by atoms with van der Waals surface area (Å²) < 4.78 is 11.7. The molecular formula is C27H22BrNO5. The Labute approximate surface area is 205 Å². The molecule has 0 saturated heterocycles. The van der Waals surface area contributed by atoms with Crippen LogP contribution in [0.15, 0.2) is 83.3 Å². The zero-order valence-electron chi connectivity index (χ0n) is 18.3. The van der Waals surface area contributed by atoms with Crippen molar-refractivity contribution in [3.05, 3.63) is 106 Å². The van der Waals surface area contributed by atoms with E-state index in [0.29, 0.717) is 24.2 Å². The van der Waals surface area contributed by atoms with E-state index in [2.05, 4.69) is 15.9 Å². The van der Waals surface area contributed by atoms with Crippen molar-refractivity contribution in [3.8, 4) is 5.75 Å². The molecule has 3 aromatic rings. The molecule has 4 rings (SSSR count). The second-order valence-corrected chi connectivity index (χ2v) is 8.57. The summed E-state index contributed by atoms with van der Waals surface area (Å²) >= 11 is 3.31. The van der Waals surface area contributed by atoms with Crippen molar-refractivity contribution in [1.29, 1.82) is 0 Å².